The minimum Gasteiger partial charge on any atom is -0.545 e. The van der Waals surface area contributed by atoms with Crippen molar-refractivity contribution in [2.45, 2.75) is 26.7 Å². The SMILES string of the molecule is CCc1ccc(C(=O)[O-])cc1.CCc1ccc(C(=O)[O-])cc1.[Hg+2]. The Morgan fingerprint density at radius 3 is 1.13 bits per heavy atom. The number of hydrogen-bond donors (Lipinski definition) is 0. The van der Waals surface area contributed by atoms with Gasteiger partial charge < -0.3 is 19.8 Å². The van der Waals surface area contributed by atoms with Crippen LogP contribution in [-0.2, 0) is 40.5 Å². The summed E-state index contributed by atoms with van der Waals surface area (Å²) in [7, 11) is 0. The molecule has 23 heavy (non-hydrogen) atoms. The molecule has 2 aromatic carbocycles. The second kappa shape index (κ2) is 10.9. The van der Waals surface area contributed by atoms with Gasteiger partial charge in [-0.15, -0.1) is 0 Å². The largest absolute Gasteiger partial charge is 2.00 e. The maximum atomic E-state index is 10.3. The number of aryl methyl sites for hydroxylation is 2. The zero-order valence-electron chi connectivity index (χ0n) is 13.4. The summed E-state index contributed by atoms with van der Waals surface area (Å²) in [6.45, 7) is 4.04. The Bertz CT molecular complexity index is 561. The minimum atomic E-state index is -1.12. The number of carbonyl (C=O) groups excluding carboxylic acids is 2. The summed E-state index contributed by atoms with van der Waals surface area (Å²) < 4.78 is 0. The molecule has 0 atom stereocenters. The van der Waals surface area contributed by atoms with Crippen LogP contribution in [0.5, 0.6) is 0 Å². The van der Waals surface area contributed by atoms with E-state index in [9.17, 15) is 19.8 Å². The molecule has 0 N–H and O–H groups in total. The average molecular weight is 499 g/mol. The van der Waals surface area contributed by atoms with Gasteiger partial charge in [0.2, 0.25) is 0 Å². The van der Waals surface area contributed by atoms with E-state index < -0.39 is 11.9 Å². The van der Waals surface area contributed by atoms with Gasteiger partial charge in [-0.25, -0.2) is 0 Å². The van der Waals surface area contributed by atoms with Crippen molar-refractivity contribution in [3.05, 3.63) is 70.8 Å². The molecule has 0 aromatic heterocycles. The first-order chi connectivity index (χ1) is 10.5. The van der Waals surface area contributed by atoms with Crippen LogP contribution in [0.1, 0.15) is 45.7 Å². The second-order valence-electron chi connectivity index (χ2n) is 4.68. The van der Waals surface area contributed by atoms with Gasteiger partial charge in [-0.05, 0) is 35.1 Å². The van der Waals surface area contributed by atoms with Crippen LogP contribution in [0.4, 0.5) is 0 Å². The van der Waals surface area contributed by atoms with Gasteiger partial charge in [0, 0.05) is 0 Å². The normalized spacial score (nSPS) is 9.13. The van der Waals surface area contributed by atoms with Gasteiger partial charge in [-0.2, -0.15) is 0 Å². The number of benzene rings is 2. The third-order valence-corrected chi connectivity index (χ3v) is 3.20. The van der Waals surface area contributed by atoms with Gasteiger partial charge in [0.05, 0.1) is 11.9 Å². The van der Waals surface area contributed by atoms with Gasteiger partial charge in [-0.1, -0.05) is 62.4 Å². The first-order valence-corrected chi connectivity index (χ1v) is 7.08. The van der Waals surface area contributed by atoms with E-state index in [1.54, 1.807) is 48.5 Å². The van der Waals surface area contributed by atoms with E-state index in [1.807, 2.05) is 13.8 Å². The summed E-state index contributed by atoms with van der Waals surface area (Å²) in [6.07, 6.45) is 1.85. The summed E-state index contributed by atoms with van der Waals surface area (Å²) in [5.41, 5.74) is 2.74. The van der Waals surface area contributed by atoms with Gasteiger partial charge in [0.15, 0.2) is 0 Å². The fourth-order valence-corrected chi connectivity index (χ4v) is 1.75. The monoisotopic (exact) mass is 500 g/mol. The van der Waals surface area contributed by atoms with Crippen molar-refractivity contribution in [3.8, 4) is 0 Å². The predicted octanol–water partition coefficient (Wildman–Crippen LogP) is 1.22. The molecule has 4 nitrogen and oxygen atoms in total. The molecule has 0 amide bonds. The molecule has 5 heteroatoms. The fourth-order valence-electron chi connectivity index (χ4n) is 1.75. The summed E-state index contributed by atoms with van der Waals surface area (Å²) in [6, 6.07) is 13.4. The van der Waals surface area contributed by atoms with Crippen LogP contribution < -0.4 is 10.2 Å². The molecule has 0 saturated heterocycles. The third-order valence-electron chi connectivity index (χ3n) is 3.20. The Balaban J connectivity index is 0.000000403. The summed E-state index contributed by atoms with van der Waals surface area (Å²) in [4.78, 5) is 20.6. The number of carboxylic acid groups (broad SMARTS) is 2. The number of carbonyl (C=O) groups is 2. The predicted molar refractivity (Wildman–Crippen MR) is 80.3 cm³/mol. The fraction of sp³-hybridized carbons (Fsp3) is 0.222. The van der Waals surface area contributed by atoms with E-state index in [1.165, 1.54) is 0 Å². The molecule has 0 aliphatic heterocycles. The molecular formula is C18H18HgO4. The van der Waals surface area contributed by atoms with Crippen molar-refractivity contribution >= 4 is 11.9 Å². The van der Waals surface area contributed by atoms with Gasteiger partial charge in [0.25, 0.3) is 0 Å². The maximum absolute atomic E-state index is 10.3. The molecule has 0 radical (unpaired) electrons. The first-order valence-electron chi connectivity index (χ1n) is 7.08. The number of rotatable bonds is 4. The van der Waals surface area contributed by atoms with Crippen LogP contribution in [0.3, 0.4) is 0 Å². The van der Waals surface area contributed by atoms with Crippen molar-refractivity contribution in [2.24, 2.45) is 0 Å². The van der Waals surface area contributed by atoms with Gasteiger partial charge in [0.1, 0.15) is 0 Å². The van der Waals surface area contributed by atoms with Crippen molar-refractivity contribution in [2.75, 3.05) is 0 Å². The Labute approximate surface area is 156 Å². The summed E-state index contributed by atoms with van der Waals surface area (Å²) in [5.74, 6) is -2.24. The summed E-state index contributed by atoms with van der Waals surface area (Å²) in [5, 5.41) is 20.6. The van der Waals surface area contributed by atoms with Crippen LogP contribution in [0.25, 0.3) is 0 Å². The molecule has 0 aliphatic carbocycles. The number of aromatic carboxylic acids is 2. The molecule has 0 fully saturated rings. The van der Waals surface area contributed by atoms with Crippen LogP contribution in [0.2, 0.25) is 0 Å². The molecule has 0 spiro atoms. The smallest absolute Gasteiger partial charge is 0.545 e. The summed E-state index contributed by atoms with van der Waals surface area (Å²) >= 11 is 0. The van der Waals surface area contributed by atoms with Crippen LogP contribution in [-0.4, -0.2) is 11.9 Å². The molecule has 0 heterocycles. The molecule has 0 bridgehead atoms. The van der Waals surface area contributed by atoms with E-state index in [4.69, 9.17) is 0 Å². The molecule has 0 unspecified atom stereocenters. The molecule has 0 saturated carbocycles. The van der Waals surface area contributed by atoms with E-state index >= 15 is 0 Å². The Morgan fingerprint density at radius 1 is 0.696 bits per heavy atom. The zero-order chi connectivity index (χ0) is 16.5. The Hall–Kier alpha value is -1.68. The maximum Gasteiger partial charge on any atom is 2.00 e. The van der Waals surface area contributed by atoms with E-state index in [-0.39, 0.29) is 38.8 Å². The van der Waals surface area contributed by atoms with E-state index in [0.717, 1.165) is 24.0 Å². The standard InChI is InChI=1S/2C9H10O2.Hg/c2*1-2-7-3-5-8(6-4-7)9(10)11;/h2*3-6H,2H2,1H3,(H,10,11);/q;;+2/p-2. The van der Waals surface area contributed by atoms with Crippen molar-refractivity contribution in [1.29, 1.82) is 0 Å². The first kappa shape index (κ1) is 21.3. The minimum absolute atomic E-state index is 0. The molecule has 0 aliphatic rings. The van der Waals surface area contributed by atoms with Crippen LogP contribution in [0.15, 0.2) is 48.5 Å². The number of hydrogen-bond acceptors (Lipinski definition) is 4. The average Bonchev–Trinajstić information content (AvgIpc) is 2.55. The van der Waals surface area contributed by atoms with Crippen molar-refractivity contribution in [1.82, 2.24) is 0 Å². The Morgan fingerprint density at radius 2 is 0.957 bits per heavy atom. The van der Waals surface area contributed by atoms with E-state index in [0.29, 0.717) is 0 Å². The van der Waals surface area contributed by atoms with Gasteiger partial charge >= 0.3 is 27.7 Å². The zero-order valence-corrected chi connectivity index (χ0v) is 18.9. The van der Waals surface area contributed by atoms with Crippen LogP contribution >= 0.6 is 0 Å². The Kier molecular flexibility index (Phi) is 10.1. The molecule has 2 rings (SSSR count). The molecule has 2 aromatic rings. The van der Waals surface area contributed by atoms with Crippen LogP contribution in [0, 0.1) is 0 Å². The van der Waals surface area contributed by atoms with Crippen molar-refractivity contribution in [3.63, 3.8) is 0 Å². The van der Waals surface area contributed by atoms with E-state index in [2.05, 4.69) is 0 Å². The van der Waals surface area contributed by atoms with Crippen molar-refractivity contribution < 1.29 is 47.5 Å². The quantitative estimate of drug-likeness (QED) is 0.594. The van der Waals surface area contributed by atoms with Gasteiger partial charge in [-0.3, -0.25) is 0 Å². The molecular weight excluding hydrogens is 481 g/mol. The number of carboxylic acids is 2. The second-order valence-corrected chi connectivity index (χ2v) is 4.68. The molecule has 116 valence electrons. The third kappa shape index (κ3) is 7.42. The topological polar surface area (TPSA) is 80.3 Å².